The molecule has 0 spiro atoms. The lowest BCUT2D eigenvalue weighted by Gasteiger charge is -2.22. The fraction of sp³-hybridized carbons (Fsp3) is 0.444. The first-order valence-electron chi connectivity index (χ1n) is 8.11. The van der Waals surface area contributed by atoms with Gasteiger partial charge < -0.3 is 4.57 Å². The number of rotatable bonds is 6. The van der Waals surface area contributed by atoms with Crippen molar-refractivity contribution in [3.63, 3.8) is 0 Å². The zero-order valence-corrected chi connectivity index (χ0v) is 14.8. The molecule has 0 amide bonds. The molecule has 0 atom stereocenters. The highest BCUT2D eigenvalue weighted by atomic mass is 32.2. The van der Waals surface area contributed by atoms with E-state index < -0.39 is 10.0 Å². The topological polar surface area (TPSA) is 42.3 Å². The van der Waals surface area contributed by atoms with Crippen LogP contribution in [0.4, 0.5) is 0 Å². The third-order valence-electron chi connectivity index (χ3n) is 4.48. The van der Waals surface area contributed by atoms with Crippen LogP contribution < -0.4 is 0 Å². The normalized spacial score (nSPS) is 15.5. The van der Waals surface area contributed by atoms with E-state index in [9.17, 15) is 8.42 Å². The Morgan fingerprint density at radius 3 is 2.30 bits per heavy atom. The zero-order valence-electron chi connectivity index (χ0n) is 13.9. The smallest absolute Gasteiger partial charge is 0.243 e. The van der Waals surface area contributed by atoms with Crippen molar-refractivity contribution in [1.82, 2.24) is 8.87 Å². The van der Waals surface area contributed by atoms with Crippen molar-refractivity contribution in [3.05, 3.63) is 53.9 Å². The quantitative estimate of drug-likeness (QED) is 0.812. The molecule has 1 fully saturated rings. The minimum absolute atomic E-state index is 0.139. The van der Waals surface area contributed by atoms with Crippen molar-refractivity contribution in [3.8, 4) is 0 Å². The Bertz CT molecular complexity index is 772. The standard InChI is InChI=1S/C18H24N2O2S/c1-14(2)15-6-10-18(11-7-15)23(21,22)20(16-8-9-16)13-17-5-4-12-19(17)3/h4-7,10-12,14,16H,8-9,13H2,1-3H3. The van der Waals surface area contributed by atoms with E-state index in [-0.39, 0.29) is 6.04 Å². The number of aryl methyl sites for hydroxylation is 1. The fourth-order valence-corrected chi connectivity index (χ4v) is 4.41. The molecule has 23 heavy (non-hydrogen) atoms. The van der Waals surface area contributed by atoms with E-state index >= 15 is 0 Å². The molecule has 124 valence electrons. The predicted octanol–water partition coefficient (Wildman–Crippen LogP) is 3.50. The third kappa shape index (κ3) is 3.35. The van der Waals surface area contributed by atoms with Gasteiger partial charge in [-0.25, -0.2) is 8.42 Å². The van der Waals surface area contributed by atoms with Gasteiger partial charge in [0.15, 0.2) is 0 Å². The van der Waals surface area contributed by atoms with Crippen LogP contribution >= 0.6 is 0 Å². The number of aromatic nitrogens is 1. The molecule has 0 N–H and O–H groups in total. The molecule has 1 saturated carbocycles. The first-order chi connectivity index (χ1) is 10.9. The molecule has 1 aromatic heterocycles. The summed E-state index contributed by atoms with van der Waals surface area (Å²) >= 11 is 0. The molecule has 1 aliphatic carbocycles. The second kappa shape index (κ2) is 6.13. The van der Waals surface area contributed by atoms with Crippen LogP contribution in [0.3, 0.4) is 0 Å². The summed E-state index contributed by atoms with van der Waals surface area (Å²) in [4.78, 5) is 0.392. The van der Waals surface area contributed by atoms with Crippen LogP contribution in [0.15, 0.2) is 47.5 Å². The van der Waals surface area contributed by atoms with Gasteiger partial charge in [-0.1, -0.05) is 26.0 Å². The van der Waals surface area contributed by atoms with E-state index in [0.29, 0.717) is 17.4 Å². The summed E-state index contributed by atoms with van der Waals surface area (Å²) in [6.45, 7) is 4.65. The van der Waals surface area contributed by atoms with Gasteiger partial charge in [-0.15, -0.1) is 0 Å². The van der Waals surface area contributed by atoms with Crippen LogP contribution in [0.1, 0.15) is 43.9 Å². The van der Waals surface area contributed by atoms with Gasteiger partial charge in [0, 0.05) is 25.0 Å². The predicted molar refractivity (Wildman–Crippen MR) is 91.7 cm³/mol. The SMILES string of the molecule is CC(C)c1ccc(S(=O)(=O)N(Cc2cccn2C)C2CC2)cc1. The Balaban J connectivity index is 1.90. The highest BCUT2D eigenvalue weighted by molar-refractivity contribution is 7.89. The molecular formula is C18H24N2O2S. The second-order valence-corrected chi connectivity index (χ2v) is 8.51. The summed E-state index contributed by atoms with van der Waals surface area (Å²) in [6.07, 6.45) is 3.85. The van der Waals surface area contributed by atoms with Crippen molar-refractivity contribution < 1.29 is 8.42 Å². The van der Waals surface area contributed by atoms with Gasteiger partial charge in [0.05, 0.1) is 11.4 Å². The minimum Gasteiger partial charge on any atom is -0.353 e. The summed E-state index contributed by atoms with van der Waals surface area (Å²) in [5, 5.41) is 0. The first kappa shape index (κ1) is 16.3. The van der Waals surface area contributed by atoms with Gasteiger partial charge in [-0.2, -0.15) is 4.31 Å². The number of benzene rings is 1. The van der Waals surface area contributed by atoms with Crippen molar-refractivity contribution in [2.75, 3.05) is 0 Å². The first-order valence-corrected chi connectivity index (χ1v) is 9.55. The Kier molecular flexibility index (Phi) is 4.34. The Morgan fingerprint density at radius 2 is 1.83 bits per heavy atom. The van der Waals surface area contributed by atoms with Gasteiger partial charge in [0.2, 0.25) is 10.0 Å². The number of nitrogens with zero attached hydrogens (tertiary/aromatic N) is 2. The maximum atomic E-state index is 13.0. The van der Waals surface area contributed by atoms with Gasteiger partial charge in [0.1, 0.15) is 0 Å². The Morgan fingerprint density at radius 1 is 1.17 bits per heavy atom. The van der Waals surface area contributed by atoms with Crippen LogP contribution in [-0.4, -0.2) is 23.3 Å². The minimum atomic E-state index is -3.45. The van der Waals surface area contributed by atoms with Gasteiger partial charge in [-0.05, 0) is 48.6 Å². The highest BCUT2D eigenvalue weighted by Gasteiger charge is 2.38. The molecule has 2 aromatic rings. The molecule has 4 nitrogen and oxygen atoms in total. The van der Waals surface area contributed by atoms with Crippen LogP contribution in [0.2, 0.25) is 0 Å². The van der Waals surface area contributed by atoms with Gasteiger partial charge >= 0.3 is 0 Å². The van der Waals surface area contributed by atoms with Crippen LogP contribution in [0.25, 0.3) is 0 Å². The molecule has 0 saturated heterocycles. The van der Waals surface area contributed by atoms with E-state index in [4.69, 9.17) is 0 Å². The Labute approximate surface area is 138 Å². The van der Waals surface area contributed by atoms with Crippen molar-refractivity contribution in [2.24, 2.45) is 7.05 Å². The molecule has 0 unspecified atom stereocenters. The highest BCUT2D eigenvalue weighted by Crippen LogP contribution is 2.33. The maximum absolute atomic E-state index is 13.0. The lowest BCUT2D eigenvalue weighted by Crippen LogP contribution is -2.33. The number of hydrogen-bond acceptors (Lipinski definition) is 2. The summed E-state index contributed by atoms with van der Waals surface area (Å²) < 4.78 is 29.7. The number of hydrogen-bond donors (Lipinski definition) is 0. The molecule has 1 heterocycles. The third-order valence-corrected chi connectivity index (χ3v) is 6.39. The van der Waals surface area contributed by atoms with Gasteiger partial charge in [0.25, 0.3) is 0 Å². The van der Waals surface area contributed by atoms with E-state index in [1.54, 1.807) is 16.4 Å². The van der Waals surface area contributed by atoms with Crippen molar-refractivity contribution in [2.45, 2.75) is 50.1 Å². The van der Waals surface area contributed by atoms with E-state index in [1.807, 2.05) is 42.1 Å². The molecule has 5 heteroatoms. The molecule has 3 rings (SSSR count). The van der Waals surface area contributed by atoms with Crippen LogP contribution in [0, 0.1) is 0 Å². The lowest BCUT2D eigenvalue weighted by atomic mass is 10.0. The lowest BCUT2D eigenvalue weighted by molar-refractivity contribution is 0.390. The van der Waals surface area contributed by atoms with Crippen molar-refractivity contribution in [1.29, 1.82) is 0 Å². The monoisotopic (exact) mass is 332 g/mol. The summed E-state index contributed by atoms with van der Waals surface area (Å²) in [7, 11) is -1.50. The van der Waals surface area contributed by atoms with Crippen molar-refractivity contribution >= 4 is 10.0 Å². The van der Waals surface area contributed by atoms with E-state index in [2.05, 4.69) is 13.8 Å². The molecule has 1 aliphatic rings. The molecule has 0 radical (unpaired) electrons. The maximum Gasteiger partial charge on any atom is 0.243 e. The average Bonchev–Trinajstić information content (AvgIpc) is 3.27. The van der Waals surface area contributed by atoms with Crippen LogP contribution in [0.5, 0.6) is 0 Å². The zero-order chi connectivity index (χ0) is 16.6. The molecule has 0 aliphatic heterocycles. The number of sulfonamides is 1. The molecular weight excluding hydrogens is 308 g/mol. The summed E-state index contributed by atoms with van der Waals surface area (Å²) in [6, 6.07) is 11.4. The summed E-state index contributed by atoms with van der Waals surface area (Å²) in [5.74, 6) is 0.398. The van der Waals surface area contributed by atoms with E-state index in [1.165, 1.54) is 0 Å². The van der Waals surface area contributed by atoms with E-state index in [0.717, 1.165) is 24.1 Å². The molecule has 0 bridgehead atoms. The molecule has 1 aromatic carbocycles. The largest absolute Gasteiger partial charge is 0.353 e. The van der Waals surface area contributed by atoms with Gasteiger partial charge in [-0.3, -0.25) is 0 Å². The summed E-state index contributed by atoms with van der Waals surface area (Å²) in [5.41, 5.74) is 2.17. The average molecular weight is 332 g/mol. The second-order valence-electron chi connectivity index (χ2n) is 6.62. The van der Waals surface area contributed by atoms with Crippen LogP contribution in [-0.2, 0) is 23.6 Å². The Hall–Kier alpha value is -1.59. The fourth-order valence-electron chi connectivity index (χ4n) is 2.75.